The Kier molecular flexibility index (Phi) is 7.18. The van der Waals surface area contributed by atoms with Crippen molar-refractivity contribution in [2.75, 3.05) is 23.2 Å². The molecule has 1 unspecified atom stereocenters. The predicted octanol–water partition coefficient (Wildman–Crippen LogP) is 3.21. The van der Waals surface area contributed by atoms with Gasteiger partial charge in [0.1, 0.15) is 0 Å². The second kappa shape index (κ2) is 10.3. The molecule has 1 saturated heterocycles. The maximum atomic E-state index is 12.9. The van der Waals surface area contributed by atoms with Crippen LogP contribution in [0, 0.1) is 0 Å². The van der Waals surface area contributed by atoms with Gasteiger partial charge in [-0.05, 0) is 73.5 Å². The fraction of sp³-hybridized carbons (Fsp3) is 0.231. The first-order chi connectivity index (χ1) is 16.8. The van der Waals surface area contributed by atoms with Gasteiger partial charge < -0.3 is 11.1 Å². The zero-order chi connectivity index (χ0) is 25.0. The highest BCUT2D eigenvalue weighted by Gasteiger charge is 2.28. The van der Waals surface area contributed by atoms with Crippen LogP contribution in [0.5, 0.6) is 0 Å². The molecule has 1 fully saturated rings. The Hall–Kier alpha value is -3.69. The average Bonchev–Trinajstić information content (AvgIpc) is 3.33. The van der Waals surface area contributed by atoms with Gasteiger partial charge in [-0.1, -0.05) is 30.3 Å². The van der Waals surface area contributed by atoms with Crippen molar-refractivity contribution in [3.8, 4) is 0 Å². The number of primary amides is 1. The van der Waals surface area contributed by atoms with Crippen molar-refractivity contribution in [1.29, 1.82) is 0 Å². The molecule has 4 rings (SSSR count). The monoisotopic (exact) mass is 492 g/mol. The van der Waals surface area contributed by atoms with E-state index in [2.05, 4.69) is 10.2 Å². The van der Waals surface area contributed by atoms with Crippen LogP contribution in [0.4, 0.5) is 11.4 Å². The van der Waals surface area contributed by atoms with Crippen molar-refractivity contribution in [3.63, 3.8) is 0 Å². The summed E-state index contributed by atoms with van der Waals surface area (Å²) in [5.74, 6) is -0.661. The van der Waals surface area contributed by atoms with Crippen LogP contribution < -0.4 is 15.4 Å². The van der Waals surface area contributed by atoms with Crippen LogP contribution in [0.1, 0.15) is 28.8 Å². The zero-order valence-electron chi connectivity index (χ0n) is 19.4. The van der Waals surface area contributed by atoms with Gasteiger partial charge in [-0.15, -0.1) is 0 Å². The lowest BCUT2D eigenvalue weighted by atomic mass is 10.1. The molecule has 2 amide bonds. The number of benzene rings is 3. The zero-order valence-corrected chi connectivity index (χ0v) is 20.2. The first kappa shape index (κ1) is 24.4. The van der Waals surface area contributed by atoms with Gasteiger partial charge in [0.25, 0.3) is 15.9 Å². The summed E-state index contributed by atoms with van der Waals surface area (Å²) in [4.78, 5) is 26.6. The summed E-state index contributed by atoms with van der Waals surface area (Å²) in [6.45, 7) is 1.37. The molecule has 0 aliphatic carbocycles. The van der Waals surface area contributed by atoms with E-state index in [9.17, 15) is 18.0 Å². The Bertz CT molecular complexity index is 1310. The molecule has 1 heterocycles. The molecule has 3 N–H and O–H groups in total. The number of nitrogens with zero attached hydrogens (tertiary/aromatic N) is 2. The van der Waals surface area contributed by atoms with Gasteiger partial charge in [0.05, 0.1) is 16.6 Å². The number of carbonyl (C=O) groups excluding carboxylic acids is 2. The van der Waals surface area contributed by atoms with Crippen molar-refractivity contribution < 1.29 is 18.0 Å². The summed E-state index contributed by atoms with van der Waals surface area (Å²) in [7, 11) is -2.27. The lowest BCUT2D eigenvalue weighted by Crippen LogP contribution is -2.39. The normalized spacial score (nSPS) is 16.1. The first-order valence-corrected chi connectivity index (χ1v) is 12.8. The molecule has 0 spiro atoms. The molecule has 1 aliphatic rings. The maximum Gasteiger partial charge on any atom is 0.264 e. The van der Waals surface area contributed by atoms with Crippen LogP contribution >= 0.6 is 0 Å². The van der Waals surface area contributed by atoms with Gasteiger partial charge >= 0.3 is 0 Å². The SMILES string of the molecule is CN(c1ccccc1)S(=O)(=O)c1ccc(C(=O)Nc2cccc(CN3CCCC3C(N)=O)c2)cc1. The predicted molar refractivity (Wildman–Crippen MR) is 135 cm³/mol. The third kappa shape index (κ3) is 5.52. The van der Waals surface area contributed by atoms with E-state index in [4.69, 9.17) is 5.73 Å². The molecular formula is C26H28N4O4S. The minimum absolute atomic E-state index is 0.0945. The van der Waals surface area contributed by atoms with Gasteiger partial charge in [0.2, 0.25) is 5.91 Å². The minimum atomic E-state index is -3.76. The fourth-order valence-electron chi connectivity index (χ4n) is 4.24. The van der Waals surface area contributed by atoms with Gasteiger partial charge in [-0.25, -0.2) is 8.42 Å². The van der Waals surface area contributed by atoms with Gasteiger partial charge in [0.15, 0.2) is 0 Å². The molecular weight excluding hydrogens is 464 g/mol. The number of amides is 2. The topological polar surface area (TPSA) is 113 Å². The van der Waals surface area contributed by atoms with Gasteiger partial charge in [-0.3, -0.25) is 18.8 Å². The maximum absolute atomic E-state index is 12.9. The van der Waals surface area contributed by atoms with E-state index in [1.807, 2.05) is 24.3 Å². The van der Waals surface area contributed by atoms with Crippen LogP contribution in [0.25, 0.3) is 0 Å². The van der Waals surface area contributed by atoms with Crippen molar-refractivity contribution in [3.05, 3.63) is 90.0 Å². The number of nitrogens with two attached hydrogens (primary N) is 1. The summed E-state index contributed by atoms with van der Waals surface area (Å²) < 4.78 is 27.1. The molecule has 8 nitrogen and oxygen atoms in total. The van der Waals surface area contributed by atoms with E-state index < -0.39 is 10.0 Å². The standard InChI is InChI=1S/C26H28N4O4S/c1-29(22-9-3-2-4-10-22)35(33,34)23-14-12-20(13-15-23)26(32)28-21-8-5-7-19(17-21)18-30-16-6-11-24(30)25(27)31/h2-5,7-10,12-15,17,24H,6,11,16,18H2,1H3,(H2,27,31)(H,28,32). The van der Waals surface area contributed by atoms with E-state index >= 15 is 0 Å². The summed E-state index contributed by atoms with van der Waals surface area (Å²) in [6, 6.07) is 21.8. The molecule has 3 aromatic carbocycles. The van der Waals surface area contributed by atoms with E-state index in [0.717, 1.165) is 24.9 Å². The van der Waals surface area contributed by atoms with E-state index in [1.54, 1.807) is 30.3 Å². The Morgan fingerprint density at radius 1 is 1.03 bits per heavy atom. The van der Waals surface area contributed by atoms with E-state index in [1.165, 1.54) is 35.6 Å². The quantitative estimate of drug-likeness (QED) is 0.501. The Labute approximate surface area is 205 Å². The molecule has 0 aromatic heterocycles. The third-order valence-electron chi connectivity index (χ3n) is 6.16. The minimum Gasteiger partial charge on any atom is -0.368 e. The highest BCUT2D eigenvalue weighted by molar-refractivity contribution is 7.92. The number of para-hydroxylation sites is 1. The lowest BCUT2D eigenvalue weighted by Gasteiger charge is -2.22. The van der Waals surface area contributed by atoms with E-state index in [-0.39, 0.29) is 22.8 Å². The lowest BCUT2D eigenvalue weighted by molar-refractivity contribution is -0.122. The van der Waals surface area contributed by atoms with Crippen molar-refractivity contribution in [2.24, 2.45) is 5.73 Å². The number of likely N-dealkylation sites (tertiary alicyclic amines) is 1. The van der Waals surface area contributed by atoms with E-state index in [0.29, 0.717) is 23.5 Å². The van der Waals surface area contributed by atoms with Crippen molar-refractivity contribution >= 4 is 33.2 Å². The number of carbonyl (C=O) groups is 2. The number of hydrogen-bond acceptors (Lipinski definition) is 5. The molecule has 1 atom stereocenters. The number of nitrogens with one attached hydrogen (secondary N) is 1. The molecule has 0 bridgehead atoms. The van der Waals surface area contributed by atoms with Crippen LogP contribution in [0.3, 0.4) is 0 Å². The summed E-state index contributed by atoms with van der Waals surface area (Å²) >= 11 is 0. The third-order valence-corrected chi connectivity index (χ3v) is 7.96. The molecule has 9 heteroatoms. The molecule has 1 aliphatic heterocycles. The molecule has 35 heavy (non-hydrogen) atoms. The number of sulfonamides is 1. The Balaban J connectivity index is 1.43. The highest BCUT2D eigenvalue weighted by atomic mass is 32.2. The van der Waals surface area contributed by atoms with Gasteiger partial charge in [-0.2, -0.15) is 0 Å². The summed E-state index contributed by atoms with van der Waals surface area (Å²) in [5.41, 5.74) is 7.97. The highest BCUT2D eigenvalue weighted by Crippen LogP contribution is 2.23. The van der Waals surface area contributed by atoms with Crippen molar-refractivity contribution in [2.45, 2.75) is 30.3 Å². The molecule has 3 aromatic rings. The second-order valence-electron chi connectivity index (χ2n) is 8.52. The van der Waals surface area contributed by atoms with Crippen molar-refractivity contribution in [1.82, 2.24) is 4.90 Å². The number of anilines is 2. The summed E-state index contributed by atoms with van der Waals surface area (Å²) in [6.07, 6.45) is 1.69. The fourth-order valence-corrected chi connectivity index (χ4v) is 5.43. The Morgan fingerprint density at radius 2 is 1.74 bits per heavy atom. The van der Waals surface area contributed by atoms with Crippen LogP contribution in [0.15, 0.2) is 83.8 Å². The van der Waals surface area contributed by atoms with Crippen LogP contribution in [0.2, 0.25) is 0 Å². The molecule has 182 valence electrons. The Morgan fingerprint density at radius 3 is 2.43 bits per heavy atom. The second-order valence-corrected chi connectivity index (χ2v) is 10.5. The van der Waals surface area contributed by atoms with Crippen LogP contribution in [-0.2, 0) is 21.4 Å². The largest absolute Gasteiger partial charge is 0.368 e. The average molecular weight is 493 g/mol. The number of hydrogen-bond donors (Lipinski definition) is 2. The number of rotatable bonds is 8. The smallest absolute Gasteiger partial charge is 0.264 e. The first-order valence-electron chi connectivity index (χ1n) is 11.3. The summed E-state index contributed by atoms with van der Waals surface area (Å²) in [5, 5.41) is 2.86. The van der Waals surface area contributed by atoms with Crippen LogP contribution in [-0.4, -0.2) is 44.8 Å². The molecule has 0 radical (unpaired) electrons. The molecule has 0 saturated carbocycles. The van der Waals surface area contributed by atoms with Gasteiger partial charge in [0, 0.05) is 24.8 Å².